The summed E-state index contributed by atoms with van der Waals surface area (Å²) in [6.45, 7) is 1.92. The zero-order chi connectivity index (χ0) is 7.28. The van der Waals surface area contributed by atoms with Gasteiger partial charge in [0.25, 0.3) is 0 Å². The Bertz CT molecular complexity index is 105. The molecule has 9 heavy (non-hydrogen) atoms. The van der Waals surface area contributed by atoms with Gasteiger partial charge in [-0.25, -0.2) is 0 Å². The first-order valence-electron chi connectivity index (χ1n) is 2.62. The number of rotatable bonds is 2. The lowest BCUT2D eigenvalue weighted by molar-refractivity contribution is 0.188. The molecule has 0 amide bonds. The van der Waals surface area contributed by atoms with Crippen molar-refractivity contribution in [2.75, 3.05) is 14.2 Å². The van der Waals surface area contributed by atoms with Crippen LogP contribution in [0.2, 0.25) is 0 Å². The minimum atomic E-state index is 0.0914. The van der Waals surface area contributed by atoms with E-state index in [1.54, 1.807) is 14.2 Å². The highest BCUT2D eigenvalue weighted by molar-refractivity contribution is 8.14. The molecule has 0 aromatic carbocycles. The molecule has 2 N–H and O–H groups in total. The second-order valence-electron chi connectivity index (χ2n) is 1.48. The molecule has 0 saturated heterocycles. The van der Waals surface area contributed by atoms with Gasteiger partial charge in [-0.15, -0.1) is 0 Å². The van der Waals surface area contributed by atoms with Gasteiger partial charge in [-0.1, -0.05) is 11.8 Å². The van der Waals surface area contributed by atoms with E-state index in [-0.39, 0.29) is 5.44 Å². The lowest BCUT2D eigenvalue weighted by Crippen LogP contribution is -2.12. The standard InChI is InChI=1S/C5H12N2OS/c1-4(8-3)9-5(6)7-2/h4H,1-3H3,(H2,6,7). The molecule has 0 aliphatic carbocycles. The Morgan fingerprint density at radius 3 is 2.67 bits per heavy atom. The van der Waals surface area contributed by atoms with Gasteiger partial charge in [0.2, 0.25) is 0 Å². The van der Waals surface area contributed by atoms with E-state index in [0.29, 0.717) is 5.17 Å². The lowest BCUT2D eigenvalue weighted by Gasteiger charge is -2.05. The molecule has 0 aromatic heterocycles. The fraction of sp³-hybridized carbons (Fsp3) is 0.800. The van der Waals surface area contributed by atoms with Gasteiger partial charge in [0.05, 0.1) is 0 Å². The van der Waals surface area contributed by atoms with E-state index in [2.05, 4.69) is 4.99 Å². The van der Waals surface area contributed by atoms with Gasteiger partial charge in [-0.3, -0.25) is 4.99 Å². The largest absolute Gasteiger partial charge is 0.378 e. The third-order valence-corrected chi connectivity index (χ3v) is 1.79. The number of nitrogens with two attached hydrogens (primary N) is 1. The summed E-state index contributed by atoms with van der Waals surface area (Å²) in [7, 11) is 3.30. The summed E-state index contributed by atoms with van der Waals surface area (Å²) in [4.78, 5) is 3.75. The molecule has 0 spiro atoms. The van der Waals surface area contributed by atoms with Gasteiger partial charge in [-0.05, 0) is 6.92 Å². The van der Waals surface area contributed by atoms with Crippen LogP contribution < -0.4 is 5.73 Å². The maximum atomic E-state index is 5.38. The van der Waals surface area contributed by atoms with Crippen molar-refractivity contribution in [3.63, 3.8) is 0 Å². The van der Waals surface area contributed by atoms with Gasteiger partial charge >= 0.3 is 0 Å². The van der Waals surface area contributed by atoms with Crippen molar-refractivity contribution < 1.29 is 4.74 Å². The number of thioether (sulfide) groups is 1. The van der Waals surface area contributed by atoms with Crippen molar-refractivity contribution in [1.82, 2.24) is 0 Å². The molecule has 1 unspecified atom stereocenters. The quantitative estimate of drug-likeness (QED) is 0.355. The maximum absolute atomic E-state index is 5.38. The summed E-state index contributed by atoms with van der Waals surface area (Å²) in [5, 5.41) is 0.560. The zero-order valence-corrected chi connectivity index (χ0v) is 6.73. The third-order valence-electron chi connectivity index (χ3n) is 0.839. The van der Waals surface area contributed by atoms with Crippen LogP contribution in [0.3, 0.4) is 0 Å². The first kappa shape index (κ1) is 8.78. The first-order chi connectivity index (χ1) is 4.20. The van der Waals surface area contributed by atoms with E-state index >= 15 is 0 Å². The van der Waals surface area contributed by atoms with E-state index in [4.69, 9.17) is 10.5 Å². The van der Waals surface area contributed by atoms with Gasteiger partial charge in [0.1, 0.15) is 5.44 Å². The highest BCUT2D eigenvalue weighted by atomic mass is 32.2. The molecule has 0 heterocycles. The molecular weight excluding hydrogens is 136 g/mol. The van der Waals surface area contributed by atoms with Gasteiger partial charge < -0.3 is 10.5 Å². The summed E-state index contributed by atoms with van der Waals surface area (Å²) in [5.41, 5.74) is 5.47. The van der Waals surface area contributed by atoms with Crippen LogP contribution >= 0.6 is 11.8 Å². The smallest absolute Gasteiger partial charge is 0.156 e. The summed E-state index contributed by atoms with van der Waals surface area (Å²) >= 11 is 1.41. The molecular formula is C5H12N2OS. The molecule has 0 bridgehead atoms. The van der Waals surface area contributed by atoms with Crippen molar-refractivity contribution in [2.45, 2.75) is 12.4 Å². The van der Waals surface area contributed by atoms with E-state index in [1.165, 1.54) is 11.8 Å². The van der Waals surface area contributed by atoms with Crippen LogP contribution in [0.4, 0.5) is 0 Å². The number of methoxy groups -OCH3 is 1. The zero-order valence-electron chi connectivity index (χ0n) is 5.92. The Hall–Kier alpha value is -0.220. The Morgan fingerprint density at radius 2 is 2.33 bits per heavy atom. The van der Waals surface area contributed by atoms with Crippen LogP contribution in [-0.2, 0) is 4.74 Å². The normalized spacial score (nSPS) is 15.7. The number of aliphatic imine (C=N–C) groups is 1. The summed E-state index contributed by atoms with van der Waals surface area (Å²) < 4.78 is 4.92. The van der Waals surface area contributed by atoms with Crippen LogP contribution in [0.1, 0.15) is 6.92 Å². The predicted molar refractivity (Wildman–Crippen MR) is 41.6 cm³/mol. The maximum Gasteiger partial charge on any atom is 0.156 e. The summed E-state index contributed by atoms with van der Waals surface area (Å²) in [5.74, 6) is 0. The number of amidine groups is 1. The van der Waals surface area contributed by atoms with Gasteiger partial charge in [0, 0.05) is 14.2 Å². The van der Waals surface area contributed by atoms with Crippen molar-refractivity contribution in [2.24, 2.45) is 10.7 Å². The van der Waals surface area contributed by atoms with Gasteiger partial charge in [0.15, 0.2) is 5.17 Å². The number of nitrogens with zero attached hydrogens (tertiary/aromatic N) is 1. The molecule has 0 aliphatic heterocycles. The minimum Gasteiger partial charge on any atom is -0.378 e. The minimum absolute atomic E-state index is 0.0914. The highest BCUT2D eigenvalue weighted by Crippen LogP contribution is 2.08. The van der Waals surface area contributed by atoms with Crippen LogP contribution in [0.5, 0.6) is 0 Å². The van der Waals surface area contributed by atoms with Crippen LogP contribution in [0, 0.1) is 0 Å². The molecule has 0 fully saturated rings. The van der Waals surface area contributed by atoms with Crippen LogP contribution in [-0.4, -0.2) is 24.8 Å². The second-order valence-corrected chi connectivity index (χ2v) is 2.80. The van der Waals surface area contributed by atoms with Crippen molar-refractivity contribution in [1.29, 1.82) is 0 Å². The topological polar surface area (TPSA) is 47.6 Å². The van der Waals surface area contributed by atoms with E-state index < -0.39 is 0 Å². The molecule has 0 aromatic rings. The Labute approximate surface area is 59.7 Å². The van der Waals surface area contributed by atoms with E-state index in [1.807, 2.05) is 6.92 Å². The van der Waals surface area contributed by atoms with Crippen LogP contribution in [0.15, 0.2) is 4.99 Å². The number of hydrogen-bond acceptors (Lipinski definition) is 3. The molecule has 0 aliphatic rings. The first-order valence-corrected chi connectivity index (χ1v) is 3.50. The Balaban J connectivity index is 3.47. The molecule has 0 radical (unpaired) electrons. The molecule has 1 atom stereocenters. The number of hydrogen-bond donors (Lipinski definition) is 1. The molecule has 54 valence electrons. The van der Waals surface area contributed by atoms with E-state index in [9.17, 15) is 0 Å². The third kappa shape index (κ3) is 4.29. The second kappa shape index (κ2) is 4.64. The highest BCUT2D eigenvalue weighted by Gasteiger charge is 2.00. The fourth-order valence-corrected chi connectivity index (χ4v) is 0.813. The van der Waals surface area contributed by atoms with E-state index in [0.717, 1.165) is 0 Å². The van der Waals surface area contributed by atoms with Crippen molar-refractivity contribution in [3.8, 4) is 0 Å². The lowest BCUT2D eigenvalue weighted by atomic mass is 10.9. The monoisotopic (exact) mass is 148 g/mol. The van der Waals surface area contributed by atoms with Gasteiger partial charge in [-0.2, -0.15) is 0 Å². The summed E-state index contributed by atoms with van der Waals surface area (Å²) in [6, 6.07) is 0. The molecule has 0 saturated carbocycles. The SMILES string of the molecule is C/N=C(/N)SC(C)OC. The van der Waals surface area contributed by atoms with Crippen molar-refractivity contribution >= 4 is 16.9 Å². The summed E-state index contributed by atoms with van der Waals surface area (Å²) in [6.07, 6.45) is 0. The molecule has 3 nitrogen and oxygen atoms in total. The molecule has 0 rings (SSSR count). The average molecular weight is 148 g/mol. The molecule has 4 heteroatoms. The fourth-order valence-electron chi connectivity index (χ4n) is 0.271. The predicted octanol–water partition coefficient (Wildman–Crippen LogP) is 0.657. The van der Waals surface area contributed by atoms with Crippen LogP contribution in [0.25, 0.3) is 0 Å². The van der Waals surface area contributed by atoms with Crippen molar-refractivity contribution in [3.05, 3.63) is 0 Å². The Kier molecular flexibility index (Phi) is 4.53. The Morgan fingerprint density at radius 1 is 1.78 bits per heavy atom. The average Bonchev–Trinajstić information content (AvgIpc) is 1.87. The number of ether oxygens (including phenoxy) is 1.